The van der Waals surface area contributed by atoms with Crippen molar-refractivity contribution in [2.24, 2.45) is 0 Å². The van der Waals surface area contributed by atoms with Gasteiger partial charge in [0.2, 0.25) is 0 Å². The Labute approximate surface area is 186 Å². The minimum absolute atomic E-state index is 0.162. The van der Waals surface area contributed by atoms with E-state index in [9.17, 15) is 9.59 Å². The van der Waals surface area contributed by atoms with E-state index in [4.69, 9.17) is 4.74 Å². The van der Waals surface area contributed by atoms with Crippen molar-refractivity contribution in [2.75, 3.05) is 7.11 Å². The van der Waals surface area contributed by atoms with Crippen LogP contribution in [0.2, 0.25) is 0 Å². The summed E-state index contributed by atoms with van der Waals surface area (Å²) in [6.07, 6.45) is 0. The van der Waals surface area contributed by atoms with Crippen LogP contribution in [0.3, 0.4) is 0 Å². The first-order valence-corrected chi connectivity index (χ1v) is 10.8. The molecular weight excluding hydrogens is 406 g/mol. The number of imide groups is 1. The maximum Gasteiger partial charge on any atom is 0.268 e. The minimum Gasteiger partial charge on any atom is -0.496 e. The molecule has 31 heavy (non-hydrogen) atoms. The summed E-state index contributed by atoms with van der Waals surface area (Å²) in [5.41, 5.74) is 4.14. The van der Waals surface area contributed by atoms with Crippen molar-refractivity contribution >= 4 is 29.1 Å². The number of methoxy groups -OCH3 is 1. The Balaban J connectivity index is 1.78. The fourth-order valence-corrected chi connectivity index (χ4v) is 4.76. The van der Waals surface area contributed by atoms with Gasteiger partial charge in [0.15, 0.2) is 0 Å². The molecule has 0 saturated heterocycles. The summed E-state index contributed by atoms with van der Waals surface area (Å²) in [7, 11) is 1.59. The second-order valence-electron chi connectivity index (χ2n) is 7.45. The lowest BCUT2D eigenvalue weighted by atomic mass is 9.99. The molecule has 3 aromatic carbocycles. The molecule has 0 aromatic heterocycles. The van der Waals surface area contributed by atoms with Gasteiger partial charge in [-0.25, -0.2) is 0 Å². The molecule has 0 atom stereocenters. The first-order chi connectivity index (χ1) is 15.0. The van der Waals surface area contributed by atoms with Gasteiger partial charge >= 0.3 is 0 Å². The first kappa shape index (κ1) is 20.9. The van der Waals surface area contributed by atoms with Crippen molar-refractivity contribution in [3.63, 3.8) is 0 Å². The SMILES string of the molecule is COc1ccccc1CN1C(=O)C(Sc2ccccc2)=C(c2ccc(C)cc2C)C1=O. The van der Waals surface area contributed by atoms with E-state index >= 15 is 0 Å². The Morgan fingerprint density at radius 2 is 1.58 bits per heavy atom. The van der Waals surface area contributed by atoms with Crippen molar-refractivity contribution < 1.29 is 14.3 Å². The van der Waals surface area contributed by atoms with E-state index in [0.717, 1.165) is 27.1 Å². The number of carbonyl (C=O) groups excluding carboxylic acids is 2. The summed E-state index contributed by atoms with van der Waals surface area (Å²) in [6, 6.07) is 23.1. The molecule has 156 valence electrons. The highest BCUT2D eigenvalue weighted by atomic mass is 32.2. The molecule has 3 aromatic rings. The van der Waals surface area contributed by atoms with Gasteiger partial charge in [0.05, 0.1) is 24.1 Å². The number of carbonyl (C=O) groups is 2. The number of rotatable bonds is 6. The van der Waals surface area contributed by atoms with E-state index in [1.165, 1.54) is 16.7 Å². The zero-order chi connectivity index (χ0) is 22.0. The van der Waals surface area contributed by atoms with Gasteiger partial charge < -0.3 is 4.74 Å². The lowest BCUT2D eigenvalue weighted by Crippen LogP contribution is -2.31. The first-order valence-electron chi connectivity index (χ1n) is 10.0. The van der Waals surface area contributed by atoms with Gasteiger partial charge in [-0.05, 0) is 43.2 Å². The van der Waals surface area contributed by atoms with E-state index in [2.05, 4.69) is 0 Å². The highest BCUT2D eigenvalue weighted by Crippen LogP contribution is 2.41. The molecule has 4 rings (SSSR count). The fraction of sp³-hybridized carbons (Fsp3) is 0.154. The van der Waals surface area contributed by atoms with Gasteiger partial charge in [-0.2, -0.15) is 0 Å². The van der Waals surface area contributed by atoms with E-state index in [0.29, 0.717) is 16.2 Å². The van der Waals surface area contributed by atoms with Gasteiger partial charge in [0, 0.05) is 10.5 Å². The van der Waals surface area contributed by atoms with Gasteiger partial charge in [-0.3, -0.25) is 14.5 Å². The normalized spacial score (nSPS) is 13.8. The Kier molecular flexibility index (Phi) is 5.96. The quantitative estimate of drug-likeness (QED) is 0.493. The molecule has 1 aliphatic rings. The molecule has 5 heteroatoms. The maximum atomic E-state index is 13.6. The van der Waals surface area contributed by atoms with Crippen LogP contribution in [0.4, 0.5) is 0 Å². The molecular formula is C26H23NO3S. The van der Waals surface area contributed by atoms with Crippen molar-refractivity contribution in [3.05, 3.63) is 100.0 Å². The van der Waals surface area contributed by atoms with Crippen LogP contribution >= 0.6 is 11.8 Å². The Morgan fingerprint density at radius 3 is 2.29 bits per heavy atom. The Morgan fingerprint density at radius 1 is 0.871 bits per heavy atom. The van der Waals surface area contributed by atoms with Crippen LogP contribution in [0.5, 0.6) is 5.75 Å². The van der Waals surface area contributed by atoms with E-state index in [1.807, 2.05) is 86.6 Å². The van der Waals surface area contributed by atoms with Crippen LogP contribution in [-0.2, 0) is 16.1 Å². The highest BCUT2D eigenvalue weighted by Gasteiger charge is 2.40. The average molecular weight is 430 g/mol. The second-order valence-corrected chi connectivity index (χ2v) is 8.53. The van der Waals surface area contributed by atoms with Crippen LogP contribution in [0, 0.1) is 13.8 Å². The number of aryl methyl sites for hydroxylation is 2. The standard InChI is InChI=1S/C26H23NO3S/c1-17-13-14-21(18(2)15-17)23-24(31-20-10-5-4-6-11-20)26(29)27(25(23)28)16-19-9-7-8-12-22(19)30-3/h4-15H,16H2,1-3H3. The number of benzene rings is 3. The summed E-state index contributed by atoms with van der Waals surface area (Å²) in [4.78, 5) is 29.7. The largest absolute Gasteiger partial charge is 0.496 e. The second kappa shape index (κ2) is 8.82. The molecule has 0 N–H and O–H groups in total. The average Bonchev–Trinajstić information content (AvgIpc) is 2.99. The molecule has 1 aliphatic heterocycles. The van der Waals surface area contributed by atoms with Gasteiger partial charge in [-0.1, -0.05) is 71.9 Å². The summed E-state index contributed by atoms with van der Waals surface area (Å²) < 4.78 is 5.42. The lowest BCUT2D eigenvalue weighted by Gasteiger charge is -2.17. The Hall–Kier alpha value is -3.31. The number of thioether (sulfide) groups is 1. The number of hydrogen-bond donors (Lipinski definition) is 0. The topological polar surface area (TPSA) is 46.6 Å². The molecule has 0 spiro atoms. The predicted molar refractivity (Wildman–Crippen MR) is 124 cm³/mol. The number of para-hydroxylation sites is 1. The molecule has 0 unspecified atom stereocenters. The molecule has 4 nitrogen and oxygen atoms in total. The minimum atomic E-state index is -0.278. The molecule has 1 heterocycles. The summed E-state index contributed by atoms with van der Waals surface area (Å²) in [6.45, 7) is 4.15. The molecule has 0 saturated carbocycles. The zero-order valence-electron chi connectivity index (χ0n) is 17.7. The summed E-state index contributed by atoms with van der Waals surface area (Å²) in [5, 5.41) is 0. The van der Waals surface area contributed by atoms with Crippen molar-refractivity contribution in [2.45, 2.75) is 25.3 Å². The number of amides is 2. The van der Waals surface area contributed by atoms with E-state index < -0.39 is 0 Å². The van der Waals surface area contributed by atoms with Crippen molar-refractivity contribution in [3.8, 4) is 5.75 Å². The van der Waals surface area contributed by atoms with Crippen molar-refractivity contribution in [1.82, 2.24) is 4.90 Å². The molecule has 2 amide bonds. The van der Waals surface area contributed by atoms with E-state index in [-0.39, 0.29) is 18.4 Å². The van der Waals surface area contributed by atoms with Crippen molar-refractivity contribution in [1.29, 1.82) is 0 Å². The summed E-state index contributed by atoms with van der Waals surface area (Å²) >= 11 is 1.34. The third kappa shape index (κ3) is 4.14. The van der Waals surface area contributed by atoms with E-state index in [1.54, 1.807) is 7.11 Å². The highest BCUT2D eigenvalue weighted by molar-refractivity contribution is 8.04. The molecule has 0 radical (unpaired) electrons. The van der Waals surface area contributed by atoms with Gasteiger partial charge in [0.1, 0.15) is 5.75 Å². The molecule has 0 aliphatic carbocycles. The summed E-state index contributed by atoms with van der Waals surface area (Å²) in [5.74, 6) is 0.0985. The predicted octanol–water partition coefficient (Wildman–Crippen LogP) is 5.38. The fourth-order valence-electron chi connectivity index (χ4n) is 3.73. The number of hydrogen-bond acceptors (Lipinski definition) is 4. The molecule has 0 bridgehead atoms. The van der Waals surface area contributed by atoms with Gasteiger partial charge in [0.25, 0.3) is 11.8 Å². The molecule has 0 fully saturated rings. The van der Waals surface area contributed by atoms with Crippen LogP contribution in [0.25, 0.3) is 5.57 Å². The van der Waals surface area contributed by atoms with Gasteiger partial charge in [-0.15, -0.1) is 0 Å². The number of ether oxygens (including phenoxy) is 1. The van der Waals surface area contributed by atoms with Crippen LogP contribution < -0.4 is 4.74 Å². The Bertz CT molecular complexity index is 1180. The van der Waals surface area contributed by atoms with Crippen LogP contribution in [-0.4, -0.2) is 23.8 Å². The third-order valence-corrected chi connectivity index (χ3v) is 6.35. The van der Waals surface area contributed by atoms with Crippen LogP contribution in [0.15, 0.2) is 82.6 Å². The third-order valence-electron chi connectivity index (χ3n) is 5.26. The zero-order valence-corrected chi connectivity index (χ0v) is 18.5. The maximum absolute atomic E-state index is 13.6. The monoisotopic (exact) mass is 429 g/mol. The van der Waals surface area contributed by atoms with Crippen LogP contribution in [0.1, 0.15) is 22.3 Å². The lowest BCUT2D eigenvalue weighted by molar-refractivity contribution is -0.137. The number of nitrogens with zero attached hydrogens (tertiary/aromatic N) is 1. The smallest absolute Gasteiger partial charge is 0.268 e.